The van der Waals surface area contributed by atoms with E-state index in [1.165, 1.54) is 0 Å². The Kier molecular flexibility index (Phi) is 4.54. The Morgan fingerprint density at radius 2 is 2.07 bits per heavy atom. The van der Waals surface area contributed by atoms with Gasteiger partial charge in [-0.3, -0.25) is 4.79 Å². The fourth-order valence-corrected chi connectivity index (χ4v) is 2.14. The van der Waals surface area contributed by atoms with Gasteiger partial charge in [-0.15, -0.1) is 0 Å². The average molecular weight is 214 g/mol. The highest BCUT2D eigenvalue weighted by molar-refractivity contribution is 5.81. The predicted octanol–water partition coefficient (Wildman–Crippen LogP) is 0.356. The van der Waals surface area contributed by atoms with E-state index in [1.807, 2.05) is 6.92 Å². The first-order chi connectivity index (χ1) is 7.07. The molecule has 0 aliphatic heterocycles. The molecule has 0 saturated heterocycles. The number of nitrogens with zero attached hydrogens (tertiary/aromatic N) is 1. The van der Waals surface area contributed by atoms with Crippen molar-refractivity contribution in [1.82, 2.24) is 10.2 Å². The van der Waals surface area contributed by atoms with E-state index >= 15 is 0 Å². The van der Waals surface area contributed by atoms with E-state index in [2.05, 4.69) is 5.32 Å². The second-order valence-corrected chi connectivity index (χ2v) is 4.38. The number of carbonyl (C=O) groups excluding carboxylic acids is 1. The molecule has 1 fully saturated rings. The molecule has 88 valence electrons. The third-order valence-corrected chi connectivity index (χ3v) is 3.34. The molecular formula is C11H22N2O2. The van der Waals surface area contributed by atoms with Crippen LogP contribution in [0.4, 0.5) is 0 Å². The van der Waals surface area contributed by atoms with Crippen LogP contribution in [0.1, 0.15) is 32.6 Å². The summed E-state index contributed by atoms with van der Waals surface area (Å²) in [5.41, 5.74) is 0. The van der Waals surface area contributed by atoms with Gasteiger partial charge in [0.2, 0.25) is 5.91 Å². The first kappa shape index (κ1) is 12.5. The highest BCUT2D eigenvalue weighted by Crippen LogP contribution is 2.22. The number of amides is 1. The summed E-state index contributed by atoms with van der Waals surface area (Å²) in [6, 6.07) is -0.175. The molecule has 3 unspecified atom stereocenters. The molecule has 0 bridgehead atoms. The number of hydrogen-bond acceptors (Lipinski definition) is 3. The zero-order chi connectivity index (χ0) is 11.4. The van der Waals surface area contributed by atoms with Crippen molar-refractivity contribution >= 4 is 5.91 Å². The minimum Gasteiger partial charge on any atom is -0.391 e. The van der Waals surface area contributed by atoms with E-state index in [0.29, 0.717) is 0 Å². The normalized spacial score (nSPS) is 28.5. The third-order valence-electron chi connectivity index (χ3n) is 3.34. The van der Waals surface area contributed by atoms with E-state index in [-0.39, 0.29) is 24.1 Å². The van der Waals surface area contributed by atoms with E-state index in [1.54, 1.807) is 19.0 Å². The van der Waals surface area contributed by atoms with Crippen LogP contribution in [-0.2, 0) is 4.79 Å². The molecule has 1 amide bonds. The molecule has 0 heterocycles. The maximum Gasteiger partial charge on any atom is 0.239 e. The molecule has 1 aliphatic carbocycles. The molecule has 1 saturated carbocycles. The van der Waals surface area contributed by atoms with Crippen molar-refractivity contribution in [2.75, 3.05) is 14.1 Å². The van der Waals surface area contributed by atoms with E-state index in [9.17, 15) is 9.90 Å². The highest BCUT2D eigenvalue weighted by atomic mass is 16.3. The second kappa shape index (κ2) is 5.47. The van der Waals surface area contributed by atoms with Crippen LogP contribution in [0.25, 0.3) is 0 Å². The van der Waals surface area contributed by atoms with E-state index in [0.717, 1.165) is 25.7 Å². The molecule has 3 atom stereocenters. The lowest BCUT2D eigenvalue weighted by molar-refractivity contribution is -0.137. The summed E-state index contributed by atoms with van der Waals surface area (Å²) in [6.07, 6.45) is 3.56. The van der Waals surface area contributed by atoms with Crippen LogP contribution in [0, 0.1) is 0 Å². The molecule has 0 spiro atoms. The minimum absolute atomic E-state index is 0.00190. The van der Waals surface area contributed by atoms with Gasteiger partial charge < -0.3 is 15.3 Å². The smallest absolute Gasteiger partial charge is 0.239 e. The van der Waals surface area contributed by atoms with Crippen LogP contribution in [0.3, 0.4) is 0 Å². The van der Waals surface area contributed by atoms with Crippen molar-refractivity contribution in [2.24, 2.45) is 0 Å². The lowest BCUT2D eigenvalue weighted by Crippen LogP contribution is -2.51. The second-order valence-electron chi connectivity index (χ2n) is 4.38. The average Bonchev–Trinajstić information content (AvgIpc) is 2.26. The predicted molar refractivity (Wildman–Crippen MR) is 59.6 cm³/mol. The summed E-state index contributed by atoms with van der Waals surface area (Å²) in [5, 5.41) is 12.8. The molecule has 4 nitrogen and oxygen atoms in total. The molecule has 0 radical (unpaired) electrons. The van der Waals surface area contributed by atoms with Crippen molar-refractivity contribution in [2.45, 2.75) is 50.8 Å². The first-order valence-corrected chi connectivity index (χ1v) is 5.70. The van der Waals surface area contributed by atoms with Crippen molar-refractivity contribution in [1.29, 1.82) is 0 Å². The molecule has 1 aliphatic rings. The van der Waals surface area contributed by atoms with E-state index < -0.39 is 0 Å². The van der Waals surface area contributed by atoms with Crippen LogP contribution >= 0.6 is 0 Å². The molecule has 0 aromatic carbocycles. The van der Waals surface area contributed by atoms with Crippen molar-refractivity contribution in [3.63, 3.8) is 0 Å². The van der Waals surface area contributed by atoms with E-state index in [4.69, 9.17) is 0 Å². The topological polar surface area (TPSA) is 52.6 Å². The Hall–Kier alpha value is -0.610. The Labute approximate surface area is 91.6 Å². The third kappa shape index (κ3) is 2.92. The fraction of sp³-hybridized carbons (Fsp3) is 0.909. The highest BCUT2D eigenvalue weighted by Gasteiger charge is 2.30. The van der Waals surface area contributed by atoms with Gasteiger partial charge in [0.25, 0.3) is 0 Å². The Bertz CT molecular complexity index is 221. The van der Waals surface area contributed by atoms with Gasteiger partial charge in [0.1, 0.15) is 0 Å². The Balaban J connectivity index is 2.57. The van der Waals surface area contributed by atoms with Gasteiger partial charge in [0, 0.05) is 7.05 Å². The summed E-state index contributed by atoms with van der Waals surface area (Å²) in [7, 11) is 3.56. The van der Waals surface area contributed by atoms with Gasteiger partial charge in [-0.25, -0.2) is 0 Å². The molecular weight excluding hydrogens is 192 g/mol. The monoisotopic (exact) mass is 214 g/mol. The summed E-state index contributed by atoms with van der Waals surface area (Å²) in [6.45, 7) is 1.84. The largest absolute Gasteiger partial charge is 0.391 e. The Morgan fingerprint density at radius 3 is 2.60 bits per heavy atom. The van der Waals surface area contributed by atoms with Crippen LogP contribution < -0.4 is 5.32 Å². The zero-order valence-electron chi connectivity index (χ0n) is 9.86. The summed E-state index contributed by atoms with van der Waals surface area (Å²) in [5.74, 6) is 0.0588. The van der Waals surface area contributed by atoms with Crippen molar-refractivity contribution < 1.29 is 9.90 Å². The van der Waals surface area contributed by atoms with Crippen LogP contribution in [0.2, 0.25) is 0 Å². The van der Waals surface area contributed by atoms with Gasteiger partial charge >= 0.3 is 0 Å². The minimum atomic E-state index is -0.350. The first-order valence-electron chi connectivity index (χ1n) is 5.70. The quantitative estimate of drug-likeness (QED) is 0.713. The van der Waals surface area contributed by atoms with Gasteiger partial charge in [0.15, 0.2) is 0 Å². The number of rotatable bonds is 3. The van der Waals surface area contributed by atoms with Crippen LogP contribution in [0.15, 0.2) is 0 Å². The van der Waals surface area contributed by atoms with Crippen LogP contribution in [-0.4, -0.2) is 48.2 Å². The van der Waals surface area contributed by atoms with Gasteiger partial charge in [-0.2, -0.15) is 0 Å². The van der Waals surface area contributed by atoms with Crippen LogP contribution in [0.5, 0.6) is 0 Å². The zero-order valence-corrected chi connectivity index (χ0v) is 9.86. The SMILES string of the molecule is CNC(C)C(=O)N(C)C1CCCCC1O. The molecule has 1 rings (SSSR count). The van der Waals surface area contributed by atoms with Gasteiger partial charge in [0.05, 0.1) is 18.2 Å². The summed E-state index contributed by atoms with van der Waals surface area (Å²) < 4.78 is 0. The lowest BCUT2D eigenvalue weighted by Gasteiger charge is -2.36. The maximum absolute atomic E-state index is 11.9. The fourth-order valence-electron chi connectivity index (χ4n) is 2.14. The molecule has 4 heteroatoms. The number of hydrogen-bond donors (Lipinski definition) is 2. The molecule has 15 heavy (non-hydrogen) atoms. The number of carbonyl (C=O) groups is 1. The summed E-state index contributed by atoms with van der Waals surface area (Å²) >= 11 is 0. The lowest BCUT2D eigenvalue weighted by atomic mass is 9.91. The number of aliphatic hydroxyl groups excluding tert-OH is 1. The van der Waals surface area contributed by atoms with Crippen molar-refractivity contribution in [3.05, 3.63) is 0 Å². The maximum atomic E-state index is 11.9. The number of nitrogens with one attached hydrogen (secondary N) is 1. The Morgan fingerprint density at radius 1 is 1.47 bits per heavy atom. The molecule has 2 N–H and O–H groups in total. The van der Waals surface area contributed by atoms with Crippen molar-refractivity contribution in [3.8, 4) is 0 Å². The standard InChI is InChI=1S/C11H22N2O2/c1-8(12-2)11(15)13(3)9-6-4-5-7-10(9)14/h8-10,12,14H,4-7H2,1-3H3. The number of aliphatic hydroxyl groups is 1. The number of likely N-dealkylation sites (N-methyl/N-ethyl adjacent to an activating group) is 2. The summed E-state index contributed by atoms with van der Waals surface area (Å²) in [4.78, 5) is 13.6. The molecule has 0 aromatic heterocycles. The van der Waals surface area contributed by atoms with Gasteiger partial charge in [-0.1, -0.05) is 12.8 Å². The van der Waals surface area contributed by atoms with Gasteiger partial charge in [-0.05, 0) is 26.8 Å². The molecule has 0 aromatic rings.